The Bertz CT molecular complexity index is 614. The number of hydrogen-bond acceptors (Lipinski definition) is 3. The Labute approximate surface area is 155 Å². The maximum absolute atomic E-state index is 12.5. The van der Waals surface area contributed by atoms with Crippen LogP contribution in [0.15, 0.2) is 24.3 Å². The van der Waals surface area contributed by atoms with Crippen molar-refractivity contribution >= 4 is 29.3 Å². The summed E-state index contributed by atoms with van der Waals surface area (Å²) in [6, 6.07) is 4.57. The van der Waals surface area contributed by atoms with E-state index in [0.717, 1.165) is 37.8 Å². The van der Waals surface area contributed by atoms with Crippen molar-refractivity contribution in [3.8, 4) is 0 Å². The third kappa shape index (κ3) is 6.23. The molecular weight excluding hydrogens is 365 g/mol. The molecule has 2 amide bonds. The molecule has 0 aliphatic heterocycles. The van der Waals surface area contributed by atoms with E-state index in [1.54, 1.807) is 11.9 Å². The summed E-state index contributed by atoms with van der Waals surface area (Å²) in [7, 11) is 1.81. The van der Waals surface area contributed by atoms with Crippen molar-refractivity contribution in [2.24, 2.45) is 0 Å². The molecule has 0 unspecified atom stereocenters. The fourth-order valence-corrected chi connectivity index (χ4v) is 3.68. The number of amides is 2. The Morgan fingerprint density at radius 3 is 2.31 bits per heavy atom. The largest absolute Gasteiger partial charge is 0.416 e. The molecule has 1 aliphatic carbocycles. The van der Waals surface area contributed by atoms with Gasteiger partial charge in [0.15, 0.2) is 0 Å². The highest BCUT2D eigenvalue weighted by atomic mass is 32.2. The van der Waals surface area contributed by atoms with Gasteiger partial charge in [0.25, 0.3) is 0 Å². The van der Waals surface area contributed by atoms with E-state index in [1.165, 1.54) is 30.3 Å². The summed E-state index contributed by atoms with van der Waals surface area (Å²) in [5, 5.41) is 2.53. The summed E-state index contributed by atoms with van der Waals surface area (Å²) in [5.41, 5.74) is -0.463. The zero-order chi connectivity index (χ0) is 19.2. The van der Waals surface area contributed by atoms with E-state index >= 15 is 0 Å². The quantitative estimate of drug-likeness (QED) is 0.796. The number of thioether (sulfide) groups is 1. The van der Waals surface area contributed by atoms with Crippen molar-refractivity contribution in [1.29, 1.82) is 0 Å². The number of carbonyl (C=O) groups is 2. The Hall–Kier alpha value is -1.70. The van der Waals surface area contributed by atoms with Gasteiger partial charge in [0.05, 0.1) is 17.1 Å². The summed E-state index contributed by atoms with van der Waals surface area (Å²) in [6.45, 7) is 0. The molecule has 1 N–H and O–H groups in total. The second-order valence-corrected chi connectivity index (χ2v) is 7.40. The average Bonchev–Trinajstić information content (AvgIpc) is 2.61. The first-order valence-corrected chi connectivity index (χ1v) is 9.73. The molecule has 0 radical (unpaired) electrons. The third-order valence-electron chi connectivity index (χ3n) is 4.47. The van der Waals surface area contributed by atoms with Crippen molar-refractivity contribution in [2.75, 3.05) is 23.9 Å². The van der Waals surface area contributed by atoms with Gasteiger partial charge in [-0.1, -0.05) is 19.3 Å². The summed E-state index contributed by atoms with van der Waals surface area (Å²) in [6.07, 6.45) is 1.17. The van der Waals surface area contributed by atoms with Crippen LogP contribution in [0.4, 0.5) is 18.9 Å². The van der Waals surface area contributed by atoms with E-state index in [0.29, 0.717) is 5.69 Å². The summed E-state index contributed by atoms with van der Waals surface area (Å²) >= 11 is 1.21. The van der Waals surface area contributed by atoms with Crippen LogP contribution < -0.4 is 5.32 Å². The number of halogens is 3. The number of nitrogens with zero attached hydrogens (tertiary/aromatic N) is 1. The summed E-state index contributed by atoms with van der Waals surface area (Å²) in [5.74, 6) is -0.0503. The lowest BCUT2D eigenvalue weighted by atomic mass is 9.94. The number of alkyl halides is 3. The van der Waals surface area contributed by atoms with Crippen molar-refractivity contribution in [2.45, 2.75) is 44.3 Å². The lowest BCUT2D eigenvalue weighted by Crippen LogP contribution is -2.39. The number of rotatable bonds is 6. The molecule has 4 nitrogen and oxygen atoms in total. The fraction of sp³-hybridized carbons (Fsp3) is 0.556. The van der Waals surface area contributed by atoms with Gasteiger partial charge in [-0.05, 0) is 37.1 Å². The van der Waals surface area contributed by atoms with Crippen LogP contribution in [0.3, 0.4) is 0 Å². The lowest BCUT2D eigenvalue weighted by molar-refractivity contribution is -0.137. The molecule has 144 valence electrons. The van der Waals surface area contributed by atoms with E-state index in [1.807, 2.05) is 0 Å². The molecule has 2 rings (SSSR count). The van der Waals surface area contributed by atoms with Crippen LogP contribution in [0.5, 0.6) is 0 Å². The van der Waals surface area contributed by atoms with Gasteiger partial charge >= 0.3 is 6.18 Å². The molecule has 1 fully saturated rings. The fourth-order valence-electron chi connectivity index (χ4n) is 2.94. The van der Waals surface area contributed by atoms with Gasteiger partial charge in [0.2, 0.25) is 11.8 Å². The molecule has 1 saturated carbocycles. The SMILES string of the molecule is CN(C(=O)CSCC(=O)Nc1ccc(C(F)(F)F)cc1)C1CCCCC1. The first-order chi connectivity index (χ1) is 12.3. The molecule has 1 aromatic carbocycles. The molecule has 8 heteroatoms. The molecular formula is C18H23F3N2O2S. The second kappa shape index (κ2) is 9.30. The van der Waals surface area contributed by atoms with Crippen molar-refractivity contribution in [3.63, 3.8) is 0 Å². The smallest absolute Gasteiger partial charge is 0.342 e. The molecule has 0 heterocycles. The van der Waals surface area contributed by atoms with E-state index in [2.05, 4.69) is 5.32 Å². The number of anilines is 1. The topological polar surface area (TPSA) is 49.4 Å². The first-order valence-electron chi connectivity index (χ1n) is 8.58. The minimum atomic E-state index is -4.40. The monoisotopic (exact) mass is 388 g/mol. The van der Waals surface area contributed by atoms with E-state index in [9.17, 15) is 22.8 Å². The molecule has 26 heavy (non-hydrogen) atoms. The first kappa shape index (κ1) is 20.6. The maximum Gasteiger partial charge on any atom is 0.416 e. The molecule has 0 atom stereocenters. The maximum atomic E-state index is 12.5. The predicted octanol–water partition coefficient (Wildman–Crippen LogP) is 4.17. The number of benzene rings is 1. The van der Waals surface area contributed by atoms with Gasteiger partial charge in [-0.15, -0.1) is 11.8 Å². The normalized spacial score (nSPS) is 15.5. The highest BCUT2D eigenvalue weighted by molar-refractivity contribution is 8.00. The Balaban J connectivity index is 1.72. The molecule has 0 saturated heterocycles. The van der Waals surface area contributed by atoms with Crippen molar-refractivity contribution in [1.82, 2.24) is 4.90 Å². The Kier molecular flexibility index (Phi) is 7.37. The standard InChI is InChI=1S/C18H23F3N2O2S/c1-23(15-5-3-2-4-6-15)17(25)12-26-11-16(24)22-14-9-7-13(8-10-14)18(19,20)21/h7-10,15H,2-6,11-12H2,1H3,(H,22,24). The van der Waals surface area contributed by atoms with Gasteiger partial charge in [-0.25, -0.2) is 0 Å². The molecule has 1 aliphatic rings. The van der Waals surface area contributed by atoms with Crippen LogP contribution >= 0.6 is 11.8 Å². The highest BCUT2D eigenvalue weighted by Gasteiger charge is 2.30. The zero-order valence-corrected chi connectivity index (χ0v) is 15.5. The van der Waals surface area contributed by atoms with Crippen LogP contribution in [0.25, 0.3) is 0 Å². The summed E-state index contributed by atoms with van der Waals surface area (Å²) < 4.78 is 37.5. The van der Waals surface area contributed by atoms with Crippen LogP contribution in [-0.2, 0) is 15.8 Å². The Morgan fingerprint density at radius 1 is 1.12 bits per heavy atom. The van der Waals surface area contributed by atoms with Crippen LogP contribution in [-0.4, -0.2) is 41.3 Å². The molecule has 0 bridgehead atoms. The molecule has 0 aromatic heterocycles. The van der Waals surface area contributed by atoms with Gasteiger partial charge in [-0.3, -0.25) is 9.59 Å². The zero-order valence-electron chi connectivity index (χ0n) is 14.6. The van der Waals surface area contributed by atoms with Crippen molar-refractivity contribution in [3.05, 3.63) is 29.8 Å². The predicted molar refractivity (Wildman–Crippen MR) is 97.0 cm³/mol. The van der Waals surface area contributed by atoms with E-state index in [-0.39, 0.29) is 29.4 Å². The van der Waals surface area contributed by atoms with Gasteiger partial charge in [0.1, 0.15) is 0 Å². The lowest BCUT2D eigenvalue weighted by Gasteiger charge is -2.31. The number of hydrogen-bond donors (Lipinski definition) is 1. The number of carbonyl (C=O) groups excluding carboxylic acids is 2. The van der Waals surface area contributed by atoms with Crippen molar-refractivity contribution < 1.29 is 22.8 Å². The highest BCUT2D eigenvalue weighted by Crippen LogP contribution is 2.29. The minimum absolute atomic E-state index is 0.00392. The van der Waals surface area contributed by atoms with Gasteiger partial charge in [0, 0.05) is 18.8 Å². The number of nitrogens with one attached hydrogen (secondary N) is 1. The van der Waals surface area contributed by atoms with Crippen LogP contribution in [0.2, 0.25) is 0 Å². The second-order valence-electron chi connectivity index (χ2n) is 6.41. The van der Waals surface area contributed by atoms with Crippen LogP contribution in [0, 0.1) is 0 Å². The van der Waals surface area contributed by atoms with E-state index in [4.69, 9.17) is 0 Å². The third-order valence-corrected chi connectivity index (χ3v) is 5.39. The molecule has 1 aromatic rings. The summed E-state index contributed by atoms with van der Waals surface area (Å²) in [4.78, 5) is 25.8. The molecule has 0 spiro atoms. The van der Waals surface area contributed by atoms with Gasteiger partial charge < -0.3 is 10.2 Å². The van der Waals surface area contributed by atoms with Crippen LogP contribution in [0.1, 0.15) is 37.7 Å². The van der Waals surface area contributed by atoms with Gasteiger partial charge in [-0.2, -0.15) is 13.2 Å². The van der Waals surface area contributed by atoms with E-state index < -0.39 is 11.7 Å². The Morgan fingerprint density at radius 2 is 1.73 bits per heavy atom. The minimum Gasteiger partial charge on any atom is -0.342 e. The average molecular weight is 388 g/mol.